The summed E-state index contributed by atoms with van der Waals surface area (Å²) < 4.78 is 5.18. The minimum atomic E-state index is -0.214. The lowest BCUT2D eigenvalue weighted by atomic mass is 10.2. The molecule has 0 atom stereocenters. The van der Waals surface area contributed by atoms with E-state index in [1.165, 1.54) is 6.26 Å². The van der Waals surface area contributed by atoms with Gasteiger partial charge in [0.15, 0.2) is 11.6 Å². The Morgan fingerprint density at radius 3 is 2.67 bits per heavy atom. The van der Waals surface area contributed by atoms with Gasteiger partial charge in [0, 0.05) is 6.54 Å². The summed E-state index contributed by atoms with van der Waals surface area (Å²) in [7, 11) is 0. The van der Waals surface area contributed by atoms with Gasteiger partial charge in [-0.2, -0.15) is 5.21 Å². The maximum absolute atomic E-state index is 12.5. The van der Waals surface area contributed by atoms with Crippen molar-refractivity contribution in [3.8, 4) is 0 Å². The average molecular weight is 283 g/mol. The molecule has 0 saturated carbocycles. The zero-order valence-electron chi connectivity index (χ0n) is 11.1. The smallest absolute Gasteiger partial charge is 0.290 e. The van der Waals surface area contributed by atoms with E-state index < -0.39 is 0 Å². The van der Waals surface area contributed by atoms with E-state index in [2.05, 4.69) is 20.6 Å². The second-order valence-corrected chi connectivity index (χ2v) is 4.45. The Hall–Kier alpha value is -2.96. The van der Waals surface area contributed by atoms with Crippen molar-refractivity contribution in [3.05, 3.63) is 65.9 Å². The predicted molar refractivity (Wildman–Crippen MR) is 72.9 cm³/mol. The van der Waals surface area contributed by atoms with Gasteiger partial charge in [0.05, 0.1) is 12.8 Å². The SMILES string of the molecule is O=C(c1ccco1)N(Cc1ccccc1)Cc1nn[nH]n1. The van der Waals surface area contributed by atoms with Gasteiger partial charge in [0.2, 0.25) is 0 Å². The van der Waals surface area contributed by atoms with Crippen LogP contribution in [0, 0.1) is 0 Å². The maximum Gasteiger partial charge on any atom is 0.290 e. The number of furan rings is 1. The Morgan fingerprint density at radius 2 is 2.00 bits per heavy atom. The van der Waals surface area contributed by atoms with Crippen LogP contribution in [0.2, 0.25) is 0 Å². The summed E-state index contributed by atoms with van der Waals surface area (Å²) in [6.07, 6.45) is 1.47. The summed E-state index contributed by atoms with van der Waals surface area (Å²) in [6, 6.07) is 13.0. The monoisotopic (exact) mass is 283 g/mol. The highest BCUT2D eigenvalue weighted by molar-refractivity contribution is 5.91. The van der Waals surface area contributed by atoms with Crippen molar-refractivity contribution < 1.29 is 9.21 Å². The molecule has 7 nitrogen and oxygen atoms in total. The number of tetrazole rings is 1. The lowest BCUT2D eigenvalue weighted by Gasteiger charge is -2.20. The van der Waals surface area contributed by atoms with E-state index in [0.717, 1.165) is 5.56 Å². The first-order chi connectivity index (χ1) is 10.3. The van der Waals surface area contributed by atoms with Gasteiger partial charge in [0.1, 0.15) is 0 Å². The number of aromatic amines is 1. The lowest BCUT2D eigenvalue weighted by Crippen LogP contribution is -2.30. The average Bonchev–Trinajstić information content (AvgIpc) is 3.20. The molecule has 2 aromatic heterocycles. The molecule has 0 saturated heterocycles. The highest BCUT2D eigenvalue weighted by Crippen LogP contribution is 2.12. The van der Waals surface area contributed by atoms with E-state index in [1.54, 1.807) is 17.0 Å². The number of H-pyrrole nitrogens is 1. The van der Waals surface area contributed by atoms with Crippen molar-refractivity contribution in [3.63, 3.8) is 0 Å². The van der Waals surface area contributed by atoms with Gasteiger partial charge < -0.3 is 9.32 Å². The van der Waals surface area contributed by atoms with Crippen LogP contribution in [0.25, 0.3) is 0 Å². The van der Waals surface area contributed by atoms with Gasteiger partial charge in [-0.3, -0.25) is 4.79 Å². The molecule has 7 heteroatoms. The highest BCUT2D eigenvalue weighted by Gasteiger charge is 2.20. The van der Waals surface area contributed by atoms with Gasteiger partial charge in [0.25, 0.3) is 5.91 Å². The van der Waals surface area contributed by atoms with E-state index in [0.29, 0.717) is 12.4 Å². The molecule has 1 aromatic carbocycles. The van der Waals surface area contributed by atoms with Gasteiger partial charge >= 0.3 is 0 Å². The highest BCUT2D eigenvalue weighted by atomic mass is 16.3. The molecule has 0 unspecified atom stereocenters. The van der Waals surface area contributed by atoms with E-state index >= 15 is 0 Å². The number of hydrogen-bond acceptors (Lipinski definition) is 5. The summed E-state index contributed by atoms with van der Waals surface area (Å²) in [5, 5.41) is 13.7. The van der Waals surface area contributed by atoms with E-state index in [-0.39, 0.29) is 18.2 Å². The van der Waals surface area contributed by atoms with Crippen LogP contribution in [-0.2, 0) is 13.1 Å². The summed E-state index contributed by atoms with van der Waals surface area (Å²) in [4.78, 5) is 14.1. The molecule has 0 aliphatic heterocycles. The lowest BCUT2D eigenvalue weighted by molar-refractivity contribution is 0.0693. The van der Waals surface area contributed by atoms with E-state index in [9.17, 15) is 4.79 Å². The second kappa shape index (κ2) is 6.00. The molecule has 0 spiro atoms. The molecule has 0 aliphatic rings. The predicted octanol–water partition coefficient (Wildman–Crippen LogP) is 1.64. The molecule has 0 fully saturated rings. The molecular weight excluding hydrogens is 270 g/mol. The fourth-order valence-corrected chi connectivity index (χ4v) is 1.98. The zero-order chi connectivity index (χ0) is 14.5. The van der Waals surface area contributed by atoms with Crippen molar-refractivity contribution in [1.29, 1.82) is 0 Å². The summed E-state index contributed by atoms with van der Waals surface area (Å²) in [5.41, 5.74) is 1.01. The molecule has 2 heterocycles. The molecule has 3 aromatic rings. The first-order valence-electron chi connectivity index (χ1n) is 6.42. The van der Waals surface area contributed by atoms with Crippen LogP contribution in [0.4, 0.5) is 0 Å². The topological polar surface area (TPSA) is 87.9 Å². The molecule has 3 rings (SSSR count). The van der Waals surface area contributed by atoms with Crippen LogP contribution in [0.3, 0.4) is 0 Å². The Morgan fingerprint density at radius 1 is 1.14 bits per heavy atom. The number of amides is 1. The third-order valence-corrected chi connectivity index (χ3v) is 2.96. The van der Waals surface area contributed by atoms with Crippen LogP contribution in [0.5, 0.6) is 0 Å². The number of carbonyl (C=O) groups is 1. The van der Waals surface area contributed by atoms with Gasteiger partial charge in [-0.25, -0.2) is 0 Å². The first kappa shape index (κ1) is 13.0. The summed E-state index contributed by atoms with van der Waals surface area (Å²) >= 11 is 0. The van der Waals surface area contributed by atoms with Crippen molar-refractivity contribution in [2.24, 2.45) is 0 Å². The molecule has 21 heavy (non-hydrogen) atoms. The normalized spacial score (nSPS) is 10.5. The largest absolute Gasteiger partial charge is 0.459 e. The Bertz CT molecular complexity index is 680. The van der Waals surface area contributed by atoms with Crippen molar-refractivity contribution >= 4 is 5.91 Å². The molecule has 1 amide bonds. The standard InChI is InChI=1S/C14H13N5O2/c20-14(12-7-4-8-21-12)19(10-13-15-17-18-16-13)9-11-5-2-1-3-6-11/h1-8H,9-10H2,(H,15,16,17,18). The number of nitrogens with one attached hydrogen (secondary N) is 1. The zero-order valence-corrected chi connectivity index (χ0v) is 11.1. The molecule has 0 radical (unpaired) electrons. The number of carbonyl (C=O) groups excluding carboxylic acids is 1. The molecular formula is C14H13N5O2. The fourth-order valence-electron chi connectivity index (χ4n) is 1.98. The van der Waals surface area contributed by atoms with Crippen molar-refractivity contribution in [1.82, 2.24) is 25.5 Å². The number of aromatic nitrogens is 4. The van der Waals surface area contributed by atoms with Crippen LogP contribution in [-0.4, -0.2) is 31.4 Å². The van der Waals surface area contributed by atoms with Gasteiger partial charge in [-0.15, -0.1) is 10.2 Å². The number of hydrogen-bond donors (Lipinski definition) is 1. The first-order valence-corrected chi connectivity index (χ1v) is 6.42. The van der Waals surface area contributed by atoms with Crippen molar-refractivity contribution in [2.45, 2.75) is 13.1 Å². The molecule has 106 valence electrons. The molecule has 0 bridgehead atoms. The van der Waals surface area contributed by atoms with Crippen LogP contribution in [0.1, 0.15) is 21.9 Å². The van der Waals surface area contributed by atoms with Gasteiger partial charge in [-0.1, -0.05) is 35.5 Å². The Balaban J connectivity index is 1.82. The Kier molecular flexibility index (Phi) is 3.72. The van der Waals surface area contributed by atoms with E-state index in [1.807, 2.05) is 30.3 Å². The van der Waals surface area contributed by atoms with Crippen LogP contribution in [0.15, 0.2) is 53.1 Å². The number of benzene rings is 1. The Labute approximate surface area is 120 Å². The number of rotatable bonds is 5. The minimum absolute atomic E-state index is 0.214. The fraction of sp³-hybridized carbons (Fsp3) is 0.143. The molecule has 1 N–H and O–H groups in total. The van der Waals surface area contributed by atoms with Crippen molar-refractivity contribution in [2.75, 3.05) is 0 Å². The quantitative estimate of drug-likeness (QED) is 0.769. The minimum Gasteiger partial charge on any atom is -0.459 e. The second-order valence-electron chi connectivity index (χ2n) is 4.45. The van der Waals surface area contributed by atoms with E-state index in [4.69, 9.17) is 4.42 Å². The third-order valence-electron chi connectivity index (χ3n) is 2.96. The summed E-state index contributed by atoms with van der Waals surface area (Å²) in [6.45, 7) is 0.694. The number of nitrogens with zero attached hydrogens (tertiary/aromatic N) is 4. The van der Waals surface area contributed by atoms with Crippen LogP contribution >= 0.6 is 0 Å². The van der Waals surface area contributed by atoms with Crippen LogP contribution < -0.4 is 0 Å². The van der Waals surface area contributed by atoms with Gasteiger partial charge in [-0.05, 0) is 17.7 Å². The summed E-state index contributed by atoms with van der Waals surface area (Å²) in [5.74, 6) is 0.522. The maximum atomic E-state index is 12.5. The third kappa shape index (κ3) is 3.14. The molecule has 0 aliphatic carbocycles.